The number of halogens is 4. The summed E-state index contributed by atoms with van der Waals surface area (Å²) in [6.45, 7) is 0. The molecule has 198 valence electrons. The average molecular weight is 536 g/mol. The van der Waals surface area contributed by atoms with E-state index in [0.717, 1.165) is 14.2 Å². The van der Waals surface area contributed by atoms with Crippen molar-refractivity contribution in [3.8, 4) is 11.8 Å². The minimum Gasteiger partial charge on any atom is -0.466 e. The summed E-state index contributed by atoms with van der Waals surface area (Å²) in [7, 11) is 1.82. The molecule has 0 aromatic heterocycles. The van der Waals surface area contributed by atoms with Crippen LogP contribution in [0.25, 0.3) is 0 Å². The molecule has 0 aliphatic carbocycles. The number of anilines is 1. The maximum Gasteiger partial charge on any atom is 0.573 e. The third-order valence-electron chi connectivity index (χ3n) is 5.32. The number of nitrogens with zero attached hydrogens (tertiary/aromatic N) is 3. The first kappa shape index (κ1) is 27.5. The number of carbonyl (C=O) groups is 2. The average Bonchev–Trinajstić information content (AvgIpc) is 2.87. The van der Waals surface area contributed by atoms with E-state index >= 15 is 4.39 Å². The molecule has 1 aliphatic heterocycles. The number of benzene rings is 2. The lowest BCUT2D eigenvalue weighted by Gasteiger charge is -2.36. The second kappa shape index (κ2) is 10.5. The quantitative estimate of drug-likeness (QED) is 0.251. The first-order chi connectivity index (χ1) is 17.9. The molecule has 1 atom stereocenters. The zero-order valence-electron chi connectivity index (χ0n) is 19.4. The van der Waals surface area contributed by atoms with Crippen molar-refractivity contribution in [3.63, 3.8) is 0 Å². The molecule has 0 fully saturated rings. The molecule has 0 saturated carbocycles. The third-order valence-corrected chi connectivity index (χ3v) is 5.32. The van der Waals surface area contributed by atoms with Gasteiger partial charge in [0.15, 0.2) is 5.75 Å². The lowest BCUT2D eigenvalue weighted by Crippen LogP contribution is -2.41. The fraction of sp³-hybridized carbons (Fsp3) is 0.174. The van der Waals surface area contributed by atoms with Gasteiger partial charge >= 0.3 is 24.0 Å². The predicted molar refractivity (Wildman–Crippen MR) is 119 cm³/mol. The van der Waals surface area contributed by atoms with Crippen LogP contribution >= 0.6 is 0 Å². The van der Waals surface area contributed by atoms with Crippen molar-refractivity contribution in [1.82, 2.24) is 0 Å². The van der Waals surface area contributed by atoms with Gasteiger partial charge < -0.3 is 19.9 Å². The van der Waals surface area contributed by atoms with E-state index in [9.17, 15) is 38.1 Å². The first-order valence-corrected chi connectivity index (χ1v) is 10.3. The summed E-state index contributed by atoms with van der Waals surface area (Å²) in [5.41, 5.74) is 2.15. The molecule has 2 aromatic rings. The molecule has 1 aliphatic rings. The molecule has 2 aromatic carbocycles. The molecular weight excluding hydrogens is 520 g/mol. The number of esters is 2. The molecule has 1 heterocycles. The number of hydrogen-bond acceptors (Lipinski definition) is 10. The zero-order valence-corrected chi connectivity index (χ0v) is 19.4. The highest BCUT2D eigenvalue weighted by atomic mass is 19.4. The summed E-state index contributed by atoms with van der Waals surface area (Å²) in [4.78, 5) is 36.3. The van der Waals surface area contributed by atoms with Crippen molar-refractivity contribution in [3.05, 3.63) is 86.6 Å². The molecule has 0 spiro atoms. The maximum absolute atomic E-state index is 15.0. The second-order valence-corrected chi connectivity index (χ2v) is 7.39. The highest BCUT2D eigenvalue weighted by Crippen LogP contribution is 2.47. The summed E-state index contributed by atoms with van der Waals surface area (Å²) >= 11 is 0. The Morgan fingerprint density at radius 1 is 1.11 bits per heavy atom. The Balaban J connectivity index is 2.51. The number of rotatable bonds is 6. The largest absolute Gasteiger partial charge is 0.573 e. The summed E-state index contributed by atoms with van der Waals surface area (Å²) in [5, 5.41) is 21.1. The van der Waals surface area contributed by atoms with Gasteiger partial charge in [0.05, 0.1) is 48.0 Å². The fourth-order valence-electron chi connectivity index (χ4n) is 3.83. The molecular formula is C23H16F4N4O7. The highest BCUT2D eigenvalue weighted by Gasteiger charge is 2.45. The van der Waals surface area contributed by atoms with E-state index in [-0.39, 0.29) is 5.56 Å². The normalized spacial score (nSPS) is 15.6. The van der Waals surface area contributed by atoms with Gasteiger partial charge in [0.25, 0.3) is 0 Å². The standard InChI is InChI=1S/C23H16F4N4O7/c1-36-21(32)16-15(11-6-4-3-5-7-11)12(10-28)20(29)30(18(16)22(33)37-2)14-9-8-13(31(34)35)17(24)19(14)38-23(25,26)27/h3-9,15H,29H2,1-2H3. The number of nitro benzene ring substituents is 1. The van der Waals surface area contributed by atoms with Gasteiger partial charge in [-0.15, -0.1) is 13.2 Å². The van der Waals surface area contributed by atoms with Crippen molar-refractivity contribution in [1.29, 1.82) is 5.26 Å². The van der Waals surface area contributed by atoms with Crippen molar-refractivity contribution < 1.29 is 46.3 Å². The number of carbonyl (C=O) groups excluding carboxylic acids is 2. The number of nitrogens with two attached hydrogens (primary N) is 1. The monoisotopic (exact) mass is 536 g/mol. The van der Waals surface area contributed by atoms with Crippen LogP contribution in [0.4, 0.5) is 28.9 Å². The topological polar surface area (TPSA) is 158 Å². The molecule has 0 radical (unpaired) electrons. The number of hydrogen-bond donors (Lipinski definition) is 1. The summed E-state index contributed by atoms with van der Waals surface area (Å²) in [5.74, 6) is -8.45. The van der Waals surface area contributed by atoms with E-state index in [0.29, 0.717) is 17.0 Å². The lowest BCUT2D eigenvalue weighted by atomic mass is 9.81. The molecule has 11 nitrogen and oxygen atoms in total. The van der Waals surface area contributed by atoms with Crippen LogP contribution in [-0.2, 0) is 19.1 Å². The van der Waals surface area contributed by atoms with Crippen LogP contribution in [0.3, 0.4) is 0 Å². The lowest BCUT2D eigenvalue weighted by molar-refractivity contribution is -0.387. The van der Waals surface area contributed by atoms with Crippen LogP contribution < -0.4 is 15.4 Å². The molecule has 0 saturated heterocycles. The van der Waals surface area contributed by atoms with Crippen LogP contribution in [-0.4, -0.2) is 37.4 Å². The molecule has 1 unspecified atom stereocenters. The van der Waals surface area contributed by atoms with Crippen LogP contribution in [0.5, 0.6) is 5.75 Å². The van der Waals surface area contributed by atoms with Crippen LogP contribution in [0.15, 0.2) is 65.1 Å². The SMILES string of the molecule is COC(=O)C1=C(C(=O)OC)N(c2ccc([N+](=O)[O-])c(F)c2OC(F)(F)F)C(N)=C(C#N)C1c1ccccc1. The Morgan fingerprint density at radius 2 is 1.71 bits per heavy atom. The number of nitro groups is 1. The Bertz CT molecular complexity index is 1420. The Labute approximate surface area is 211 Å². The zero-order chi connectivity index (χ0) is 28.4. The molecule has 2 N–H and O–H groups in total. The molecule has 15 heteroatoms. The van der Waals surface area contributed by atoms with E-state index in [1.165, 1.54) is 12.1 Å². The first-order valence-electron chi connectivity index (χ1n) is 10.3. The van der Waals surface area contributed by atoms with Crippen LogP contribution in [0.1, 0.15) is 11.5 Å². The highest BCUT2D eigenvalue weighted by molar-refractivity contribution is 6.06. The number of nitriles is 1. The van der Waals surface area contributed by atoms with Crippen LogP contribution in [0, 0.1) is 27.3 Å². The van der Waals surface area contributed by atoms with Gasteiger partial charge in [-0.1, -0.05) is 30.3 Å². The Morgan fingerprint density at radius 3 is 2.21 bits per heavy atom. The fourth-order valence-corrected chi connectivity index (χ4v) is 3.83. The van der Waals surface area contributed by atoms with Gasteiger partial charge in [-0.25, -0.2) is 9.59 Å². The molecule has 0 bridgehead atoms. The van der Waals surface area contributed by atoms with E-state index in [1.54, 1.807) is 24.3 Å². The molecule has 0 amide bonds. The number of alkyl halides is 3. The maximum atomic E-state index is 15.0. The summed E-state index contributed by atoms with van der Waals surface area (Å²) in [6, 6.07) is 10.5. The second-order valence-electron chi connectivity index (χ2n) is 7.39. The van der Waals surface area contributed by atoms with Crippen LogP contribution in [0.2, 0.25) is 0 Å². The van der Waals surface area contributed by atoms with Crippen molar-refractivity contribution >= 4 is 23.3 Å². The predicted octanol–water partition coefficient (Wildman–Crippen LogP) is 3.53. The third kappa shape index (κ3) is 4.91. The number of methoxy groups -OCH3 is 2. The minimum absolute atomic E-state index is 0.259. The van der Waals surface area contributed by atoms with Crippen molar-refractivity contribution in [2.45, 2.75) is 12.3 Å². The molecule has 38 heavy (non-hydrogen) atoms. The number of ether oxygens (including phenoxy) is 3. The number of allylic oxidation sites excluding steroid dienone is 1. The Kier molecular flexibility index (Phi) is 7.56. The van der Waals surface area contributed by atoms with Crippen molar-refractivity contribution in [2.75, 3.05) is 19.1 Å². The van der Waals surface area contributed by atoms with Gasteiger partial charge in [-0.05, 0) is 11.6 Å². The summed E-state index contributed by atoms with van der Waals surface area (Å²) in [6.07, 6.45) is -5.57. The van der Waals surface area contributed by atoms with Gasteiger partial charge in [0.2, 0.25) is 5.82 Å². The van der Waals surface area contributed by atoms with Gasteiger partial charge in [0, 0.05) is 6.07 Å². The van der Waals surface area contributed by atoms with Crippen molar-refractivity contribution in [2.24, 2.45) is 5.73 Å². The van der Waals surface area contributed by atoms with E-state index < -0.39 is 74.7 Å². The van der Waals surface area contributed by atoms with E-state index in [1.807, 2.05) is 0 Å². The smallest absolute Gasteiger partial charge is 0.466 e. The van der Waals surface area contributed by atoms with Gasteiger partial charge in [-0.2, -0.15) is 9.65 Å². The Hall–Kier alpha value is -5.13. The molecule has 3 rings (SSSR count). The summed E-state index contributed by atoms with van der Waals surface area (Å²) < 4.78 is 68.0. The van der Waals surface area contributed by atoms with Gasteiger partial charge in [0.1, 0.15) is 11.5 Å². The minimum atomic E-state index is -5.57. The van der Waals surface area contributed by atoms with E-state index in [4.69, 9.17) is 15.2 Å². The van der Waals surface area contributed by atoms with Gasteiger partial charge in [-0.3, -0.25) is 15.0 Å². The van der Waals surface area contributed by atoms with E-state index in [2.05, 4.69) is 4.74 Å².